The first kappa shape index (κ1) is 15.3. The molecule has 1 heterocycles. The first-order chi connectivity index (χ1) is 11.0. The van der Waals surface area contributed by atoms with E-state index in [1.165, 1.54) is 22.9 Å². The van der Waals surface area contributed by atoms with Gasteiger partial charge in [-0.15, -0.1) is 5.10 Å². The fourth-order valence-corrected chi connectivity index (χ4v) is 2.51. The molecule has 0 aliphatic heterocycles. The molecule has 6 nitrogen and oxygen atoms in total. The van der Waals surface area contributed by atoms with Crippen LogP contribution in [0.5, 0.6) is 0 Å². The molecule has 0 atom stereocenters. The predicted octanol–water partition coefficient (Wildman–Crippen LogP) is 3.03. The van der Waals surface area contributed by atoms with Gasteiger partial charge in [-0.3, -0.25) is 4.79 Å². The molecule has 1 aromatic heterocycles. The SMILES string of the molecule is Cn1nnnc1-c1cccc(NC(=O)c2cc(F)ccc2Br)c1. The van der Waals surface area contributed by atoms with Gasteiger partial charge < -0.3 is 5.32 Å². The Labute approximate surface area is 139 Å². The quantitative estimate of drug-likeness (QED) is 0.763. The molecule has 0 radical (unpaired) electrons. The lowest BCUT2D eigenvalue weighted by Gasteiger charge is -2.08. The number of aromatic nitrogens is 4. The van der Waals surface area contributed by atoms with Crippen molar-refractivity contribution in [3.05, 3.63) is 58.3 Å². The molecule has 8 heteroatoms. The van der Waals surface area contributed by atoms with Crippen molar-refractivity contribution in [2.45, 2.75) is 0 Å². The molecule has 0 saturated heterocycles. The van der Waals surface area contributed by atoms with Gasteiger partial charge in [-0.05, 0) is 56.7 Å². The van der Waals surface area contributed by atoms with Crippen LogP contribution in [-0.4, -0.2) is 26.1 Å². The molecule has 116 valence electrons. The number of amides is 1. The Kier molecular flexibility index (Phi) is 4.16. The number of halogens is 2. The second-order valence-corrected chi connectivity index (χ2v) is 5.64. The van der Waals surface area contributed by atoms with Gasteiger partial charge in [0.25, 0.3) is 5.91 Å². The topological polar surface area (TPSA) is 72.7 Å². The molecule has 1 amide bonds. The summed E-state index contributed by atoms with van der Waals surface area (Å²) in [5, 5.41) is 14.0. The van der Waals surface area contributed by atoms with E-state index in [1.807, 2.05) is 6.07 Å². The summed E-state index contributed by atoms with van der Waals surface area (Å²) in [6.45, 7) is 0. The number of benzene rings is 2. The van der Waals surface area contributed by atoms with E-state index in [9.17, 15) is 9.18 Å². The van der Waals surface area contributed by atoms with E-state index in [2.05, 4.69) is 36.8 Å². The maximum atomic E-state index is 13.3. The Morgan fingerprint density at radius 1 is 1.26 bits per heavy atom. The highest BCUT2D eigenvalue weighted by Crippen LogP contribution is 2.22. The second kappa shape index (κ2) is 6.25. The average molecular weight is 376 g/mol. The van der Waals surface area contributed by atoms with Crippen LogP contribution >= 0.6 is 15.9 Å². The van der Waals surface area contributed by atoms with Crippen molar-refractivity contribution in [1.82, 2.24) is 20.2 Å². The Morgan fingerprint density at radius 3 is 2.83 bits per heavy atom. The van der Waals surface area contributed by atoms with Crippen molar-refractivity contribution < 1.29 is 9.18 Å². The Hall–Kier alpha value is -2.61. The lowest BCUT2D eigenvalue weighted by atomic mass is 10.1. The molecule has 3 aromatic rings. The minimum Gasteiger partial charge on any atom is -0.322 e. The molecular weight excluding hydrogens is 365 g/mol. The first-order valence-electron chi connectivity index (χ1n) is 6.64. The zero-order valence-corrected chi connectivity index (χ0v) is 13.6. The summed E-state index contributed by atoms with van der Waals surface area (Å²) < 4.78 is 15.4. The van der Waals surface area contributed by atoms with Gasteiger partial charge in [0.1, 0.15) is 5.82 Å². The van der Waals surface area contributed by atoms with Crippen LogP contribution in [0.15, 0.2) is 46.9 Å². The van der Waals surface area contributed by atoms with Gasteiger partial charge in [0.2, 0.25) is 0 Å². The Balaban J connectivity index is 1.87. The van der Waals surface area contributed by atoms with Crippen LogP contribution in [0.4, 0.5) is 10.1 Å². The Bertz CT molecular complexity index is 880. The molecule has 0 fully saturated rings. The zero-order chi connectivity index (χ0) is 16.4. The lowest BCUT2D eigenvalue weighted by Crippen LogP contribution is -2.13. The van der Waals surface area contributed by atoms with Gasteiger partial charge in [0.15, 0.2) is 5.82 Å². The van der Waals surface area contributed by atoms with Crippen LogP contribution in [0, 0.1) is 5.82 Å². The smallest absolute Gasteiger partial charge is 0.256 e. The van der Waals surface area contributed by atoms with Crippen LogP contribution in [0.1, 0.15) is 10.4 Å². The zero-order valence-electron chi connectivity index (χ0n) is 12.0. The molecule has 0 unspecified atom stereocenters. The summed E-state index contributed by atoms with van der Waals surface area (Å²) in [7, 11) is 1.73. The minimum absolute atomic E-state index is 0.218. The lowest BCUT2D eigenvalue weighted by molar-refractivity contribution is 0.102. The van der Waals surface area contributed by atoms with Crippen LogP contribution in [0.25, 0.3) is 11.4 Å². The van der Waals surface area contributed by atoms with E-state index >= 15 is 0 Å². The number of tetrazole rings is 1. The van der Waals surface area contributed by atoms with Crippen LogP contribution in [0.2, 0.25) is 0 Å². The maximum Gasteiger partial charge on any atom is 0.256 e. The highest BCUT2D eigenvalue weighted by Gasteiger charge is 2.13. The van der Waals surface area contributed by atoms with E-state index in [4.69, 9.17) is 0 Å². The highest BCUT2D eigenvalue weighted by atomic mass is 79.9. The number of nitrogens with one attached hydrogen (secondary N) is 1. The van der Waals surface area contributed by atoms with E-state index in [0.717, 1.165) is 5.56 Å². The molecule has 0 aliphatic rings. The fourth-order valence-electron chi connectivity index (χ4n) is 2.08. The van der Waals surface area contributed by atoms with Crippen LogP contribution in [-0.2, 0) is 7.05 Å². The van der Waals surface area contributed by atoms with Crippen LogP contribution in [0.3, 0.4) is 0 Å². The first-order valence-corrected chi connectivity index (χ1v) is 7.43. The summed E-state index contributed by atoms with van der Waals surface area (Å²) in [5.74, 6) is -0.310. The normalized spacial score (nSPS) is 10.6. The van der Waals surface area contributed by atoms with Crippen molar-refractivity contribution >= 4 is 27.5 Å². The number of nitrogens with zero attached hydrogens (tertiary/aromatic N) is 4. The molecule has 3 rings (SSSR count). The van der Waals surface area contributed by atoms with E-state index in [-0.39, 0.29) is 5.56 Å². The number of hydrogen-bond acceptors (Lipinski definition) is 4. The van der Waals surface area contributed by atoms with Crippen molar-refractivity contribution in [3.8, 4) is 11.4 Å². The average Bonchev–Trinajstić information content (AvgIpc) is 2.96. The fraction of sp³-hybridized carbons (Fsp3) is 0.0667. The standard InChI is InChI=1S/C15H11BrFN5O/c1-22-14(19-20-21-22)9-3-2-4-11(7-9)18-15(23)12-8-10(17)5-6-13(12)16/h2-8H,1H3,(H,18,23). The van der Waals surface area contributed by atoms with Crippen molar-refractivity contribution in [3.63, 3.8) is 0 Å². The molecule has 23 heavy (non-hydrogen) atoms. The third kappa shape index (κ3) is 3.26. The Morgan fingerprint density at radius 2 is 2.09 bits per heavy atom. The monoisotopic (exact) mass is 375 g/mol. The summed E-state index contributed by atoms with van der Waals surface area (Å²) in [4.78, 5) is 12.3. The van der Waals surface area contributed by atoms with Crippen molar-refractivity contribution in [2.24, 2.45) is 7.05 Å². The maximum absolute atomic E-state index is 13.3. The van der Waals surface area contributed by atoms with E-state index in [1.54, 1.807) is 25.2 Å². The molecule has 0 spiro atoms. The number of anilines is 1. The van der Waals surface area contributed by atoms with Crippen LogP contribution < -0.4 is 5.32 Å². The predicted molar refractivity (Wildman–Crippen MR) is 86.3 cm³/mol. The molecule has 0 aliphatic carbocycles. The highest BCUT2D eigenvalue weighted by molar-refractivity contribution is 9.10. The van der Waals surface area contributed by atoms with Gasteiger partial charge in [-0.25, -0.2) is 9.07 Å². The van der Waals surface area contributed by atoms with Gasteiger partial charge in [-0.1, -0.05) is 12.1 Å². The largest absolute Gasteiger partial charge is 0.322 e. The number of rotatable bonds is 3. The molecule has 0 bridgehead atoms. The molecule has 1 N–H and O–H groups in total. The third-order valence-corrected chi connectivity index (χ3v) is 3.86. The van der Waals surface area contributed by atoms with E-state index in [0.29, 0.717) is 16.0 Å². The second-order valence-electron chi connectivity index (χ2n) is 4.79. The number of aryl methyl sites for hydroxylation is 1. The van der Waals surface area contributed by atoms with Gasteiger partial charge in [0, 0.05) is 22.8 Å². The molecule has 0 saturated carbocycles. The van der Waals surface area contributed by atoms with Gasteiger partial charge in [-0.2, -0.15) is 0 Å². The summed E-state index contributed by atoms with van der Waals surface area (Å²) in [5.41, 5.74) is 1.54. The van der Waals surface area contributed by atoms with Gasteiger partial charge >= 0.3 is 0 Å². The molecule has 2 aromatic carbocycles. The summed E-state index contributed by atoms with van der Waals surface area (Å²) >= 11 is 3.24. The number of carbonyl (C=O) groups excluding carboxylic acids is 1. The third-order valence-electron chi connectivity index (χ3n) is 3.17. The number of hydrogen-bond donors (Lipinski definition) is 1. The van der Waals surface area contributed by atoms with E-state index < -0.39 is 11.7 Å². The van der Waals surface area contributed by atoms with Crippen molar-refractivity contribution in [1.29, 1.82) is 0 Å². The number of carbonyl (C=O) groups is 1. The summed E-state index contributed by atoms with van der Waals surface area (Å²) in [6.07, 6.45) is 0. The minimum atomic E-state index is -0.475. The summed E-state index contributed by atoms with van der Waals surface area (Å²) in [6, 6.07) is 11.0. The van der Waals surface area contributed by atoms with Gasteiger partial charge in [0.05, 0.1) is 5.56 Å². The van der Waals surface area contributed by atoms with Crippen molar-refractivity contribution in [2.75, 3.05) is 5.32 Å². The molecular formula is C15H11BrFN5O.